The maximum Gasteiger partial charge on any atom is 0.188 e. The molecule has 4 aromatic rings. The molecule has 1 aliphatic carbocycles. The zero-order valence-electron chi connectivity index (χ0n) is 21.9. The highest BCUT2D eigenvalue weighted by Gasteiger charge is 2.35. The van der Waals surface area contributed by atoms with Crippen LogP contribution in [0.2, 0.25) is 0 Å². The van der Waals surface area contributed by atoms with Crippen LogP contribution < -0.4 is 31.2 Å². The van der Waals surface area contributed by atoms with Gasteiger partial charge in [0.05, 0.1) is 13.2 Å². The van der Waals surface area contributed by atoms with Crippen molar-refractivity contribution >= 4 is 17.2 Å². The Morgan fingerprint density at radius 1 is 0.974 bits per heavy atom. The van der Waals surface area contributed by atoms with Crippen molar-refractivity contribution in [3.63, 3.8) is 0 Å². The second-order valence-corrected chi connectivity index (χ2v) is 9.95. The van der Waals surface area contributed by atoms with Gasteiger partial charge in [0.1, 0.15) is 12.6 Å². The lowest BCUT2D eigenvalue weighted by Gasteiger charge is -2.38. The molecule has 0 saturated carbocycles. The molecule has 0 spiro atoms. The van der Waals surface area contributed by atoms with Crippen molar-refractivity contribution in [2.45, 2.75) is 18.7 Å². The summed E-state index contributed by atoms with van der Waals surface area (Å²) in [6.45, 7) is 2.32. The first kappa shape index (κ1) is 25.0. The Hall–Kier alpha value is -4.33. The SMILES string of the molecule is COc1cc(C(=O)C2CNCCN2c2cccc3c2-c2ccccc2C3N)c(N)cc1OCc1ccccc1. The molecular formula is C32H32N4O3. The van der Waals surface area contributed by atoms with E-state index in [9.17, 15) is 4.79 Å². The third-order valence-corrected chi connectivity index (χ3v) is 7.67. The third-order valence-electron chi connectivity index (χ3n) is 7.67. The Labute approximate surface area is 228 Å². The molecule has 4 aromatic carbocycles. The quantitative estimate of drug-likeness (QED) is 0.243. The van der Waals surface area contributed by atoms with E-state index in [2.05, 4.69) is 34.5 Å². The molecule has 2 aliphatic rings. The molecule has 2 unspecified atom stereocenters. The maximum absolute atomic E-state index is 14.1. The summed E-state index contributed by atoms with van der Waals surface area (Å²) in [6, 6.07) is 27.1. The highest BCUT2D eigenvalue weighted by Crippen LogP contribution is 2.47. The zero-order valence-corrected chi connectivity index (χ0v) is 21.9. The molecule has 0 aromatic heterocycles. The van der Waals surface area contributed by atoms with Crippen LogP contribution in [0.4, 0.5) is 11.4 Å². The first-order chi connectivity index (χ1) is 19.1. The molecule has 5 N–H and O–H groups in total. The van der Waals surface area contributed by atoms with Gasteiger partial charge < -0.3 is 31.2 Å². The average molecular weight is 521 g/mol. The van der Waals surface area contributed by atoms with Crippen LogP contribution in [0.1, 0.15) is 33.1 Å². The zero-order chi connectivity index (χ0) is 26.9. The smallest absolute Gasteiger partial charge is 0.188 e. The van der Waals surface area contributed by atoms with Gasteiger partial charge in [-0.15, -0.1) is 0 Å². The van der Waals surface area contributed by atoms with E-state index in [1.807, 2.05) is 48.5 Å². The van der Waals surface area contributed by atoms with Gasteiger partial charge in [0.25, 0.3) is 0 Å². The largest absolute Gasteiger partial charge is 0.493 e. The molecule has 7 nitrogen and oxygen atoms in total. The number of hydrogen-bond acceptors (Lipinski definition) is 7. The lowest BCUT2D eigenvalue weighted by atomic mass is 9.96. The molecule has 1 aliphatic heterocycles. The summed E-state index contributed by atoms with van der Waals surface area (Å²) in [7, 11) is 1.57. The fraction of sp³-hybridized carbons (Fsp3) is 0.219. The molecule has 6 rings (SSSR count). The molecule has 1 fully saturated rings. The molecule has 7 heteroatoms. The highest BCUT2D eigenvalue weighted by atomic mass is 16.5. The van der Waals surface area contributed by atoms with E-state index in [0.717, 1.165) is 40.0 Å². The number of rotatable bonds is 7. The van der Waals surface area contributed by atoms with Crippen LogP contribution in [0.15, 0.2) is 84.9 Å². The summed E-state index contributed by atoms with van der Waals surface area (Å²) < 4.78 is 11.6. The number of ether oxygens (including phenoxy) is 2. The number of Topliss-reactive ketones (excluding diaryl/α,β-unsaturated/α-hetero) is 1. The summed E-state index contributed by atoms with van der Waals surface area (Å²) in [5.74, 6) is 0.903. The summed E-state index contributed by atoms with van der Waals surface area (Å²) in [5.41, 5.74) is 20.3. The van der Waals surface area contributed by atoms with Crippen LogP contribution in [0.25, 0.3) is 11.1 Å². The molecule has 2 atom stereocenters. The van der Waals surface area contributed by atoms with Crippen molar-refractivity contribution in [2.24, 2.45) is 5.73 Å². The van der Waals surface area contributed by atoms with Gasteiger partial charge in [-0.3, -0.25) is 4.79 Å². The summed E-state index contributed by atoms with van der Waals surface area (Å²) >= 11 is 0. The minimum Gasteiger partial charge on any atom is -0.493 e. The Morgan fingerprint density at radius 2 is 1.74 bits per heavy atom. The van der Waals surface area contributed by atoms with E-state index in [1.54, 1.807) is 19.2 Å². The first-order valence-corrected chi connectivity index (χ1v) is 13.2. The number of carbonyl (C=O) groups excluding carboxylic acids is 1. The van der Waals surface area contributed by atoms with Crippen LogP contribution in [-0.4, -0.2) is 38.6 Å². The Bertz CT molecular complexity index is 1520. The van der Waals surface area contributed by atoms with Gasteiger partial charge in [0, 0.05) is 48.2 Å². The lowest BCUT2D eigenvalue weighted by Crippen LogP contribution is -2.55. The molecule has 39 heavy (non-hydrogen) atoms. The van der Waals surface area contributed by atoms with E-state index in [-0.39, 0.29) is 11.8 Å². The number of carbonyl (C=O) groups is 1. The highest BCUT2D eigenvalue weighted by molar-refractivity contribution is 6.07. The van der Waals surface area contributed by atoms with Gasteiger partial charge in [-0.05, 0) is 34.4 Å². The van der Waals surface area contributed by atoms with E-state index in [4.69, 9.17) is 20.9 Å². The van der Waals surface area contributed by atoms with Gasteiger partial charge in [-0.2, -0.15) is 0 Å². The molecular weight excluding hydrogens is 488 g/mol. The van der Waals surface area contributed by atoms with Crippen molar-refractivity contribution in [2.75, 3.05) is 37.4 Å². The van der Waals surface area contributed by atoms with Crippen LogP contribution >= 0.6 is 0 Å². The van der Waals surface area contributed by atoms with E-state index in [1.165, 1.54) is 0 Å². The molecule has 0 amide bonds. The van der Waals surface area contributed by atoms with Crippen molar-refractivity contribution < 1.29 is 14.3 Å². The molecule has 1 saturated heterocycles. The predicted molar refractivity (Wildman–Crippen MR) is 154 cm³/mol. The predicted octanol–water partition coefficient (Wildman–Crippen LogP) is 4.55. The minimum absolute atomic E-state index is 0.0687. The summed E-state index contributed by atoms with van der Waals surface area (Å²) in [6.07, 6.45) is 0. The molecule has 198 valence electrons. The van der Waals surface area contributed by atoms with Crippen LogP contribution in [-0.2, 0) is 6.61 Å². The second-order valence-electron chi connectivity index (χ2n) is 9.95. The Morgan fingerprint density at radius 3 is 2.56 bits per heavy atom. The number of ketones is 1. The number of piperazine rings is 1. The number of nitrogens with two attached hydrogens (primary N) is 2. The topological polar surface area (TPSA) is 103 Å². The lowest BCUT2D eigenvalue weighted by molar-refractivity contribution is 0.0951. The van der Waals surface area contributed by atoms with E-state index in [0.29, 0.717) is 42.4 Å². The number of fused-ring (bicyclic) bond motifs is 3. The number of anilines is 2. The summed E-state index contributed by atoms with van der Waals surface area (Å²) in [4.78, 5) is 16.3. The number of hydrogen-bond donors (Lipinski definition) is 3. The van der Waals surface area contributed by atoms with Gasteiger partial charge >= 0.3 is 0 Å². The standard InChI is InChI=1S/C32H32N4O3/c1-38-28-16-24(25(33)17-29(28)39-19-20-8-3-2-4-9-20)32(37)27-18-35-14-15-36(27)26-13-7-12-23-30(26)21-10-5-6-11-22(21)31(23)34/h2-13,16-17,27,31,35H,14-15,18-19,33-34H2,1H3. The Balaban J connectivity index is 1.33. The van der Waals surface area contributed by atoms with Crippen LogP contribution in [0.3, 0.4) is 0 Å². The molecule has 0 radical (unpaired) electrons. The number of nitrogens with zero attached hydrogens (tertiary/aromatic N) is 1. The molecule has 0 bridgehead atoms. The van der Waals surface area contributed by atoms with Crippen molar-refractivity contribution in [3.05, 3.63) is 107 Å². The second kappa shape index (κ2) is 10.4. The van der Waals surface area contributed by atoms with E-state index >= 15 is 0 Å². The first-order valence-electron chi connectivity index (χ1n) is 13.2. The normalized spacial score (nSPS) is 17.8. The van der Waals surface area contributed by atoms with Crippen molar-refractivity contribution in [1.82, 2.24) is 5.32 Å². The number of nitrogen functional groups attached to an aromatic ring is 1. The van der Waals surface area contributed by atoms with Crippen LogP contribution in [0, 0.1) is 0 Å². The van der Waals surface area contributed by atoms with Gasteiger partial charge in [0.2, 0.25) is 0 Å². The number of benzene rings is 4. The fourth-order valence-corrected chi connectivity index (χ4v) is 5.72. The molecule has 1 heterocycles. The maximum atomic E-state index is 14.1. The monoisotopic (exact) mass is 520 g/mol. The van der Waals surface area contributed by atoms with Gasteiger partial charge in [0.15, 0.2) is 17.3 Å². The van der Waals surface area contributed by atoms with Crippen molar-refractivity contribution in [1.29, 1.82) is 0 Å². The average Bonchev–Trinajstić information content (AvgIpc) is 3.28. The van der Waals surface area contributed by atoms with Gasteiger partial charge in [-0.25, -0.2) is 0 Å². The fourth-order valence-electron chi connectivity index (χ4n) is 5.72. The number of nitrogens with one attached hydrogen (secondary N) is 1. The van der Waals surface area contributed by atoms with E-state index < -0.39 is 6.04 Å². The third kappa shape index (κ3) is 4.50. The summed E-state index contributed by atoms with van der Waals surface area (Å²) in [5, 5.41) is 3.39. The van der Waals surface area contributed by atoms with Crippen LogP contribution in [0.5, 0.6) is 11.5 Å². The van der Waals surface area contributed by atoms with Crippen molar-refractivity contribution in [3.8, 4) is 22.6 Å². The van der Waals surface area contributed by atoms with Gasteiger partial charge in [-0.1, -0.05) is 66.7 Å². The minimum atomic E-state index is -0.447. The Kier molecular flexibility index (Phi) is 6.69. The number of methoxy groups -OCH3 is 1.